The van der Waals surface area contributed by atoms with E-state index in [1.807, 2.05) is 0 Å². The van der Waals surface area contributed by atoms with Crippen LogP contribution in [-0.2, 0) is 24.1 Å². The molecule has 0 saturated carbocycles. The zero-order chi connectivity index (χ0) is 25.1. The van der Waals surface area contributed by atoms with Crippen LogP contribution in [0.4, 0.5) is 4.39 Å². The molecule has 5 rings (SSSR count). The Morgan fingerprint density at radius 3 is 2.57 bits per heavy atom. The van der Waals surface area contributed by atoms with Gasteiger partial charge in [-0.25, -0.2) is 16.8 Å². The van der Waals surface area contributed by atoms with E-state index in [0.29, 0.717) is 32.9 Å². The lowest BCUT2D eigenvalue weighted by Crippen LogP contribution is -2.16. The van der Waals surface area contributed by atoms with Gasteiger partial charge in [-0.1, -0.05) is 11.6 Å². The lowest BCUT2D eigenvalue weighted by atomic mass is 10.0. The minimum absolute atomic E-state index is 0.0540. The first-order valence-electron chi connectivity index (χ1n) is 10.6. The molecule has 0 N–H and O–H groups in total. The number of benzene rings is 2. The van der Waals surface area contributed by atoms with Crippen molar-refractivity contribution in [3.05, 3.63) is 76.2 Å². The number of halogens is 2. The standard InChI is InChI=1S/C24H20ClFN4O4S/c1-4-35(32,33)30-8-7-14-9-22(34-21-6-5-15(25)10-19(21)26)16(11-20(14)30)18-13-28(2)24(31)17-12-27-29(3)23(17)18/h5-13H,4H2,1-3H3. The predicted octanol–water partition coefficient (Wildman–Crippen LogP) is 4.68. The normalized spacial score (nSPS) is 12.0. The maximum Gasteiger partial charge on any atom is 0.261 e. The van der Waals surface area contributed by atoms with Gasteiger partial charge in [0, 0.05) is 48.0 Å². The minimum Gasteiger partial charge on any atom is -0.454 e. The molecule has 0 spiro atoms. The van der Waals surface area contributed by atoms with Crippen molar-refractivity contribution < 1.29 is 17.5 Å². The largest absolute Gasteiger partial charge is 0.454 e. The summed E-state index contributed by atoms with van der Waals surface area (Å²) in [6, 6.07) is 9.03. The van der Waals surface area contributed by atoms with Gasteiger partial charge in [-0.2, -0.15) is 5.10 Å². The number of nitrogens with zero attached hydrogens (tertiary/aromatic N) is 4. The van der Waals surface area contributed by atoms with Crippen molar-refractivity contribution >= 4 is 43.4 Å². The maximum atomic E-state index is 14.6. The van der Waals surface area contributed by atoms with Crippen LogP contribution in [0.3, 0.4) is 0 Å². The zero-order valence-electron chi connectivity index (χ0n) is 19.0. The van der Waals surface area contributed by atoms with Crippen molar-refractivity contribution in [2.24, 2.45) is 14.1 Å². The second-order valence-electron chi connectivity index (χ2n) is 8.09. The molecular weight excluding hydrogens is 495 g/mol. The van der Waals surface area contributed by atoms with Crippen molar-refractivity contribution in [1.82, 2.24) is 18.3 Å². The fourth-order valence-corrected chi connectivity index (χ4v) is 5.24. The average Bonchev–Trinajstić information content (AvgIpc) is 3.41. The van der Waals surface area contributed by atoms with Crippen LogP contribution in [0.25, 0.3) is 32.9 Å². The van der Waals surface area contributed by atoms with Crippen molar-refractivity contribution in [3.8, 4) is 22.6 Å². The summed E-state index contributed by atoms with van der Waals surface area (Å²) in [5.74, 6) is -0.527. The highest BCUT2D eigenvalue weighted by Gasteiger charge is 2.21. The van der Waals surface area contributed by atoms with Crippen LogP contribution in [0.2, 0.25) is 5.02 Å². The van der Waals surface area contributed by atoms with Crippen LogP contribution in [0, 0.1) is 5.82 Å². The molecule has 180 valence electrons. The first-order valence-corrected chi connectivity index (χ1v) is 12.6. The van der Waals surface area contributed by atoms with Crippen LogP contribution in [0.1, 0.15) is 6.92 Å². The van der Waals surface area contributed by atoms with E-state index in [2.05, 4.69) is 5.10 Å². The highest BCUT2D eigenvalue weighted by atomic mass is 35.5. The molecule has 3 heterocycles. The minimum atomic E-state index is -3.59. The molecule has 8 nitrogen and oxygen atoms in total. The SMILES string of the molecule is CCS(=O)(=O)n1ccc2cc(Oc3ccc(Cl)cc3F)c(-c3cn(C)c(=O)c4cnn(C)c34)cc21. The first-order chi connectivity index (χ1) is 16.6. The Morgan fingerprint density at radius 2 is 1.86 bits per heavy atom. The zero-order valence-corrected chi connectivity index (χ0v) is 20.6. The quantitative estimate of drug-likeness (QED) is 0.340. The number of pyridine rings is 1. The molecule has 3 aromatic heterocycles. The molecular formula is C24H20ClFN4O4S. The lowest BCUT2D eigenvalue weighted by Gasteiger charge is -2.16. The van der Waals surface area contributed by atoms with Crippen molar-refractivity contribution in [3.63, 3.8) is 0 Å². The van der Waals surface area contributed by atoms with Gasteiger partial charge in [0.05, 0.1) is 28.4 Å². The number of hydrogen-bond donors (Lipinski definition) is 0. The molecule has 0 atom stereocenters. The molecule has 0 aliphatic rings. The van der Waals surface area contributed by atoms with Gasteiger partial charge < -0.3 is 9.30 Å². The number of fused-ring (bicyclic) bond motifs is 2. The molecule has 0 bridgehead atoms. The summed E-state index contributed by atoms with van der Waals surface area (Å²) in [5, 5.41) is 5.42. The molecule has 0 amide bonds. The predicted molar refractivity (Wildman–Crippen MR) is 133 cm³/mol. The van der Waals surface area contributed by atoms with Gasteiger partial charge in [0.1, 0.15) is 5.75 Å². The van der Waals surface area contributed by atoms with E-state index in [4.69, 9.17) is 16.3 Å². The van der Waals surface area contributed by atoms with Crippen LogP contribution < -0.4 is 10.3 Å². The highest BCUT2D eigenvalue weighted by molar-refractivity contribution is 7.90. The molecule has 11 heteroatoms. The fourth-order valence-electron chi connectivity index (χ4n) is 4.10. The third-order valence-corrected chi connectivity index (χ3v) is 7.77. The number of ether oxygens (including phenoxy) is 1. The van der Waals surface area contributed by atoms with E-state index < -0.39 is 15.8 Å². The third-order valence-electron chi connectivity index (χ3n) is 5.89. The molecule has 0 unspecified atom stereocenters. The van der Waals surface area contributed by atoms with Gasteiger partial charge in [-0.05, 0) is 43.3 Å². The highest BCUT2D eigenvalue weighted by Crippen LogP contribution is 2.40. The summed E-state index contributed by atoms with van der Waals surface area (Å²) in [7, 11) is -0.277. The maximum absolute atomic E-state index is 14.6. The van der Waals surface area contributed by atoms with Gasteiger partial charge >= 0.3 is 0 Å². The van der Waals surface area contributed by atoms with Crippen molar-refractivity contribution in [2.75, 3.05) is 5.75 Å². The summed E-state index contributed by atoms with van der Waals surface area (Å²) >= 11 is 5.89. The number of aromatic nitrogens is 4. The monoisotopic (exact) mass is 514 g/mol. The Bertz CT molecular complexity index is 1800. The van der Waals surface area contributed by atoms with Crippen LogP contribution in [0.15, 0.2) is 59.8 Å². The molecule has 35 heavy (non-hydrogen) atoms. The Kier molecular flexibility index (Phi) is 5.45. The van der Waals surface area contributed by atoms with Crippen LogP contribution >= 0.6 is 11.6 Å². The molecule has 0 aliphatic carbocycles. The van der Waals surface area contributed by atoms with E-state index in [0.717, 1.165) is 6.07 Å². The summed E-state index contributed by atoms with van der Waals surface area (Å²) in [4.78, 5) is 12.7. The van der Waals surface area contributed by atoms with E-state index in [-0.39, 0.29) is 27.8 Å². The molecule has 0 saturated heterocycles. The van der Waals surface area contributed by atoms with Crippen LogP contribution in [-0.4, -0.2) is 32.5 Å². The van der Waals surface area contributed by atoms with E-state index >= 15 is 0 Å². The van der Waals surface area contributed by atoms with Crippen molar-refractivity contribution in [2.45, 2.75) is 6.92 Å². The number of rotatable bonds is 5. The topological polar surface area (TPSA) is 88.1 Å². The summed E-state index contributed by atoms with van der Waals surface area (Å²) in [6.45, 7) is 1.56. The van der Waals surface area contributed by atoms with E-state index in [1.54, 1.807) is 50.1 Å². The summed E-state index contributed by atoms with van der Waals surface area (Å²) < 4.78 is 50.2. The van der Waals surface area contributed by atoms with Crippen LogP contribution in [0.5, 0.6) is 11.5 Å². The number of hydrogen-bond acceptors (Lipinski definition) is 5. The second-order valence-corrected chi connectivity index (χ2v) is 10.7. The molecule has 0 radical (unpaired) electrons. The number of aryl methyl sites for hydroxylation is 2. The molecule has 2 aromatic carbocycles. The molecule has 0 aliphatic heterocycles. The Labute approximate surface area is 204 Å². The van der Waals surface area contributed by atoms with Gasteiger partial charge in [0.15, 0.2) is 11.6 Å². The van der Waals surface area contributed by atoms with Crippen molar-refractivity contribution in [1.29, 1.82) is 0 Å². The van der Waals surface area contributed by atoms with Gasteiger partial charge in [-0.3, -0.25) is 9.48 Å². The summed E-state index contributed by atoms with van der Waals surface area (Å²) in [6.07, 6.45) is 4.57. The first kappa shape index (κ1) is 23.1. The third kappa shape index (κ3) is 3.78. The Morgan fingerprint density at radius 1 is 1.09 bits per heavy atom. The molecule has 5 aromatic rings. The second kappa shape index (κ2) is 8.24. The average molecular weight is 515 g/mol. The van der Waals surface area contributed by atoms with E-state index in [9.17, 15) is 17.6 Å². The van der Waals surface area contributed by atoms with E-state index in [1.165, 1.54) is 33.1 Å². The van der Waals surface area contributed by atoms with Gasteiger partial charge in [0.25, 0.3) is 5.56 Å². The molecule has 0 fully saturated rings. The van der Waals surface area contributed by atoms with Gasteiger partial charge in [0.2, 0.25) is 10.0 Å². The lowest BCUT2D eigenvalue weighted by molar-refractivity contribution is 0.444. The van der Waals surface area contributed by atoms with Gasteiger partial charge in [-0.15, -0.1) is 0 Å². The Hall–Kier alpha value is -3.63. The summed E-state index contributed by atoms with van der Waals surface area (Å²) in [5.41, 5.74) is 1.75. The Balaban J connectivity index is 1.86. The smallest absolute Gasteiger partial charge is 0.261 e. The fraction of sp³-hybridized carbons (Fsp3) is 0.167.